The van der Waals surface area contributed by atoms with Crippen LogP contribution in [0.15, 0.2) is 60.3 Å². The van der Waals surface area contributed by atoms with E-state index < -0.39 is 0 Å². The Morgan fingerprint density at radius 3 is 2.61 bits per heavy atom. The molecule has 3 rings (SSSR count). The quantitative estimate of drug-likeness (QED) is 0.810. The van der Waals surface area contributed by atoms with E-state index in [-0.39, 0.29) is 0 Å². The maximum atomic E-state index is 9.57. The van der Waals surface area contributed by atoms with Crippen LogP contribution in [0.25, 0.3) is 0 Å². The van der Waals surface area contributed by atoms with Crippen LogP contribution in [0.1, 0.15) is 12.5 Å². The molecule has 0 aliphatic carbocycles. The predicted octanol–water partition coefficient (Wildman–Crippen LogP) is 3.99. The monoisotopic (exact) mass is 237 g/mol. The third-order valence-corrected chi connectivity index (χ3v) is 3.31. The number of aromatic hydroxyl groups is 1. The standard InChI is InChI=1S/C16H15NO/c1-2-13-10-12-11-15(18)8-9-16(12)17(13)14-6-4-3-5-7-14/h2-9,11,18H,10H2,1H3/b13-2+. The molecule has 0 radical (unpaired) electrons. The first-order chi connectivity index (χ1) is 8.79. The second-order valence-corrected chi connectivity index (χ2v) is 4.44. The smallest absolute Gasteiger partial charge is 0.116 e. The van der Waals surface area contributed by atoms with Gasteiger partial charge in [0, 0.05) is 23.5 Å². The molecule has 0 aromatic heterocycles. The average Bonchev–Trinajstić information content (AvgIpc) is 2.77. The number of anilines is 2. The number of nitrogens with zero attached hydrogens (tertiary/aromatic N) is 1. The van der Waals surface area contributed by atoms with Gasteiger partial charge in [-0.05, 0) is 42.8 Å². The summed E-state index contributed by atoms with van der Waals surface area (Å²) in [6.07, 6.45) is 3.00. The van der Waals surface area contributed by atoms with Gasteiger partial charge in [0.15, 0.2) is 0 Å². The maximum absolute atomic E-state index is 9.57. The van der Waals surface area contributed by atoms with E-state index in [9.17, 15) is 5.11 Å². The molecule has 18 heavy (non-hydrogen) atoms. The molecular formula is C16H15NO. The van der Waals surface area contributed by atoms with Crippen molar-refractivity contribution in [3.05, 3.63) is 65.9 Å². The summed E-state index contributed by atoms with van der Waals surface area (Å²) in [7, 11) is 0. The fourth-order valence-electron chi connectivity index (χ4n) is 2.47. The molecule has 2 aromatic rings. The molecule has 90 valence electrons. The van der Waals surface area contributed by atoms with Crippen LogP contribution < -0.4 is 4.90 Å². The highest BCUT2D eigenvalue weighted by Gasteiger charge is 2.24. The van der Waals surface area contributed by atoms with Crippen molar-refractivity contribution in [2.24, 2.45) is 0 Å². The van der Waals surface area contributed by atoms with Gasteiger partial charge in [-0.2, -0.15) is 0 Å². The molecule has 1 heterocycles. The van der Waals surface area contributed by atoms with Gasteiger partial charge in [-0.15, -0.1) is 0 Å². The summed E-state index contributed by atoms with van der Waals surface area (Å²) in [6, 6.07) is 15.9. The lowest BCUT2D eigenvalue weighted by molar-refractivity contribution is 0.475. The zero-order chi connectivity index (χ0) is 12.5. The van der Waals surface area contributed by atoms with Gasteiger partial charge in [0.25, 0.3) is 0 Å². The lowest BCUT2D eigenvalue weighted by atomic mass is 10.1. The van der Waals surface area contributed by atoms with Crippen LogP contribution in [-0.4, -0.2) is 5.11 Å². The van der Waals surface area contributed by atoms with Crippen molar-refractivity contribution in [1.29, 1.82) is 0 Å². The Balaban J connectivity index is 2.14. The summed E-state index contributed by atoms with van der Waals surface area (Å²) in [5.41, 5.74) is 4.75. The molecule has 0 bridgehead atoms. The Morgan fingerprint density at radius 2 is 1.89 bits per heavy atom. The summed E-state index contributed by atoms with van der Waals surface area (Å²) in [5.74, 6) is 0.333. The van der Waals surface area contributed by atoms with E-state index in [1.54, 1.807) is 6.07 Å². The van der Waals surface area contributed by atoms with Gasteiger partial charge in [0.1, 0.15) is 5.75 Å². The van der Waals surface area contributed by atoms with Gasteiger partial charge in [-0.3, -0.25) is 0 Å². The van der Waals surface area contributed by atoms with Gasteiger partial charge in [-0.25, -0.2) is 0 Å². The average molecular weight is 237 g/mol. The second kappa shape index (κ2) is 4.22. The van der Waals surface area contributed by atoms with E-state index >= 15 is 0 Å². The van der Waals surface area contributed by atoms with E-state index in [1.807, 2.05) is 30.3 Å². The number of allylic oxidation sites excluding steroid dienone is 2. The number of phenols is 1. The number of para-hydroxylation sites is 1. The molecule has 0 unspecified atom stereocenters. The molecule has 0 saturated carbocycles. The summed E-state index contributed by atoms with van der Waals surface area (Å²) in [6.45, 7) is 2.05. The number of hydrogen-bond donors (Lipinski definition) is 1. The van der Waals surface area contributed by atoms with Gasteiger partial charge < -0.3 is 10.0 Å². The maximum Gasteiger partial charge on any atom is 0.116 e. The van der Waals surface area contributed by atoms with Gasteiger partial charge >= 0.3 is 0 Å². The van der Waals surface area contributed by atoms with Crippen molar-refractivity contribution in [3.63, 3.8) is 0 Å². The van der Waals surface area contributed by atoms with Crippen LogP contribution in [0.4, 0.5) is 11.4 Å². The minimum atomic E-state index is 0.333. The summed E-state index contributed by atoms with van der Waals surface area (Å²) in [4.78, 5) is 2.24. The molecule has 2 aromatic carbocycles. The minimum absolute atomic E-state index is 0.333. The fraction of sp³-hybridized carbons (Fsp3) is 0.125. The Kier molecular flexibility index (Phi) is 2.56. The molecule has 0 saturated heterocycles. The molecule has 0 amide bonds. The Bertz CT molecular complexity index is 602. The molecule has 0 fully saturated rings. The SMILES string of the molecule is C/C=C1\Cc2cc(O)ccc2N1c1ccccc1. The molecular weight excluding hydrogens is 222 g/mol. The third kappa shape index (κ3) is 1.66. The second-order valence-electron chi connectivity index (χ2n) is 4.44. The number of benzene rings is 2. The minimum Gasteiger partial charge on any atom is -0.508 e. The predicted molar refractivity (Wildman–Crippen MR) is 74.1 cm³/mol. The lowest BCUT2D eigenvalue weighted by Gasteiger charge is -2.21. The first kappa shape index (κ1) is 10.9. The van der Waals surface area contributed by atoms with Crippen molar-refractivity contribution in [2.45, 2.75) is 13.3 Å². The fourth-order valence-corrected chi connectivity index (χ4v) is 2.47. The number of hydrogen-bond acceptors (Lipinski definition) is 2. The van der Waals surface area contributed by atoms with Crippen LogP contribution in [0, 0.1) is 0 Å². The molecule has 0 atom stereocenters. The van der Waals surface area contributed by atoms with Crippen LogP contribution in [-0.2, 0) is 6.42 Å². The van der Waals surface area contributed by atoms with Crippen LogP contribution in [0.5, 0.6) is 5.75 Å². The lowest BCUT2D eigenvalue weighted by Crippen LogP contribution is -2.10. The first-order valence-corrected chi connectivity index (χ1v) is 6.12. The summed E-state index contributed by atoms with van der Waals surface area (Å²) >= 11 is 0. The summed E-state index contributed by atoms with van der Waals surface area (Å²) < 4.78 is 0. The summed E-state index contributed by atoms with van der Waals surface area (Å²) in [5, 5.41) is 9.57. The van der Waals surface area contributed by atoms with Crippen molar-refractivity contribution < 1.29 is 5.11 Å². The first-order valence-electron chi connectivity index (χ1n) is 6.12. The van der Waals surface area contributed by atoms with E-state index in [1.165, 1.54) is 11.3 Å². The molecule has 2 nitrogen and oxygen atoms in total. The normalized spacial score (nSPS) is 16.1. The third-order valence-electron chi connectivity index (χ3n) is 3.31. The zero-order valence-corrected chi connectivity index (χ0v) is 10.3. The Hall–Kier alpha value is -2.22. The Labute approximate surface area is 107 Å². The van der Waals surface area contributed by atoms with Gasteiger partial charge in [-0.1, -0.05) is 24.3 Å². The van der Waals surface area contributed by atoms with E-state index in [0.717, 1.165) is 17.8 Å². The van der Waals surface area contributed by atoms with E-state index in [0.29, 0.717) is 5.75 Å². The van der Waals surface area contributed by atoms with Crippen LogP contribution in [0.2, 0.25) is 0 Å². The molecule has 2 heteroatoms. The van der Waals surface area contributed by atoms with Crippen molar-refractivity contribution in [2.75, 3.05) is 4.90 Å². The topological polar surface area (TPSA) is 23.5 Å². The van der Waals surface area contributed by atoms with E-state index in [2.05, 4.69) is 30.0 Å². The highest BCUT2D eigenvalue weighted by atomic mass is 16.3. The molecule has 1 N–H and O–H groups in total. The highest BCUT2D eigenvalue weighted by Crippen LogP contribution is 2.41. The number of fused-ring (bicyclic) bond motifs is 1. The van der Waals surface area contributed by atoms with Gasteiger partial charge in [0.05, 0.1) is 0 Å². The van der Waals surface area contributed by atoms with Crippen LogP contribution >= 0.6 is 0 Å². The van der Waals surface area contributed by atoms with Crippen molar-refractivity contribution >= 4 is 11.4 Å². The molecule has 0 spiro atoms. The van der Waals surface area contributed by atoms with Gasteiger partial charge in [0.2, 0.25) is 0 Å². The Morgan fingerprint density at radius 1 is 1.11 bits per heavy atom. The largest absolute Gasteiger partial charge is 0.508 e. The number of phenolic OH excluding ortho intramolecular Hbond substituents is 1. The zero-order valence-electron chi connectivity index (χ0n) is 10.3. The molecule has 1 aliphatic heterocycles. The van der Waals surface area contributed by atoms with Crippen LogP contribution in [0.3, 0.4) is 0 Å². The van der Waals surface area contributed by atoms with Crippen molar-refractivity contribution in [3.8, 4) is 5.75 Å². The number of rotatable bonds is 1. The molecule has 1 aliphatic rings. The highest BCUT2D eigenvalue weighted by molar-refractivity contribution is 5.76. The van der Waals surface area contributed by atoms with E-state index in [4.69, 9.17) is 0 Å². The van der Waals surface area contributed by atoms with Crippen molar-refractivity contribution in [1.82, 2.24) is 0 Å².